The van der Waals surface area contributed by atoms with E-state index in [2.05, 4.69) is 15.3 Å². The van der Waals surface area contributed by atoms with Gasteiger partial charge in [-0.3, -0.25) is 19.9 Å². The lowest BCUT2D eigenvalue weighted by Gasteiger charge is -2.43. The lowest BCUT2D eigenvalue weighted by molar-refractivity contribution is -0.383. The second kappa shape index (κ2) is 15.5. The van der Waals surface area contributed by atoms with Gasteiger partial charge in [0.1, 0.15) is 62.1 Å². The van der Waals surface area contributed by atoms with E-state index in [-0.39, 0.29) is 61.9 Å². The topological polar surface area (TPSA) is 182 Å². The minimum Gasteiger partial charge on any atom is -0.495 e. The summed E-state index contributed by atoms with van der Waals surface area (Å²) in [5, 5.41) is 15.0. The molecule has 1 spiro atoms. The first kappa shape index (κ1) is 40.9. The number of amides is 4. The number of aromatic nitrogens is 2. The largest absolute Gasteiger partial charge is 0.495 e. The third-order valence-corrected chi connectivity index (χ3v) is 9.45. The Morgan fingerprint density at radius 2 is 1.55 bits per heavy atom. The first-order chi connectivity index (χ1) is 25.7. The molecule has 0 radical (unpaired) electrons. The SMILES string of the molecule is COc1cc(OC)c(Cl)c(N(C(=O)OC(C)(C)C)C(=O)N(C)c2cc(Nc3ccc(N4CCN(C(=O)OC(C)(C)C)C5(CC5)C4)cc3[N+](=O)[O-])ncn2)c1Cl. The highest BCUT2D eigenvalue weighted by atomic mass is 35.5. The molecule has 0 bridgehead atoms. The number of benzene rings is 2. The van der Waals surface area contributed by atoms with Crippen molar-refractivity contribution in [3.63, 3.8) is 0 Å². The van der Waals surface area contributed by atoms with Crippen LogP contribution < -0.4 is 29.5 Å². The minimum absolute atomic E-state index is 0.00460. The second-order valence-electron chi connectivity index (χ2n) is 15.0. The Bertz CT molecular complexity index is 1970. The molecule has 296 valence electrons. The number of nitro benzene ring substituents is 1. The summed E-state index contributed by atoms with van der Waals surface area (Å²) in [5.41, 5.74) is -1.78. The molecule has 1 saturated carbocycles. The first-order valence-corrected chi connectivity index (χ1v) is 18.0. The van der Waals surface area contributed by atoms with Crippen LogP contribution in [0.2, 0.25) is 10.0 Å². The van der Waals surface area contributed by atoms with Crippen molar-refractivity contribution in [3.05, 3.63) is 56.8 Å². The number of carbonyl (C=O) groups excluding carboxylic acids is 3. The molecule has 1 saturated heterocycles. The summed E-state index contributed by atoms with van der Waals surface area (Å²) >= 11 is 13.2. The van der Waals surface area contributed by atoms with E-state index in [9.17, 15) is 24.5 Å². The number of anilines is 5. The van der Waals surface area contributed by atoms with E-state index in [1.54, 1.807) is 37.8 Å². The van der Waals surface area contributed by atoms with E-state index in [1.807, 2.05) is 25.7 Å². The van der Waals surface area contributed by atoms with Gasteiger partial charge in [-0.1, -0.05) is 23.2 Å². The second-order valence-corrected chi connectivity index (χ2v) is 15.8. The van der Waals surface area contributed by atoms with E-state index >= 15 is 0 Å². The molecule has 1 aliphatic carbocycles. The van der Waals surface area contributed by atoms with Crippen molar-refractivity contribution in [2.75, 3.05) is 60.9 Å². The first-order valence-electron chi connectivity index (χ1n) is 17.2. The zero-order valence-electron chi connectivity index (χ0n) is 32.1. The van der Waals surface area contributed by atoms with Crippen LogP contribution in [0.1, 0.15) is 54.4 Å². The van der Waals surface area contributed by atoms with Crippen molar-refractivity contribution in [2.45, 2.75) is 71.1 Å². The number of piperazine rings is 1. The summed E-state index contributed by atoms with van der Waals surface area (Å²) in [4.78, 5) is 66.5. The molecule has 17 nitrogen and oxygen atoms in total. The molecule has 1 aliphatic heterocycles. The highest BCUT2D eigenvalue weighted by Gasteiger charge is 2.54. The number of hydrogen-bond acceptors (Lipinski definition) is 13. The highest BCUT2D eigenvalue weighted by Crippen LogP contribution is 2.48. The van der Waals surface area contributed by atoms with Gasteiger partial charge in [0, 0.05) is 50.6 Å². The molecular formula is C36H44Cl2N8O9. The Morgan fingerprint density at radius 1 is 0.927 bits per heavy atom. The molecule has 1 N–H and O–H groups in total. The Balaban J connectivity index is 1.41. The number of nitro groups is 1. The Labute approximate surface area is 328 Å². The van der Waals surface area contributed by atoms with Crippen molar-refractivity contribution >= 4 is 75.8 Å². The molecular weight excluding hydrogens is 759 g/mol. The number of halogens is 2. The van der Waals surface area contributed by atoms with E-state index in [0.29, 0.717) is 30.2 Å². The summed E-state index contributed by atoms with van der Waals surface area (Å²) in [5.74, 6) is 0.234. The Morgan fingerprint density at radius 3 is 2.09 bits per heavy atom. The summed E-state index contributed by atoms with van der Waals surface area (Å²) in [7, 11) is 4.03. The maximum absolute atomic E-state index is 14.2. The van der Waals surface area contributed by atoms with Crippen molar-refractivity contribution < 1.29 is 38.3 Å². The van der Waals surface area contributed by atoms with Gasteiger partial charge in [-0.15, -0.1) is 0 Å². The third kappa shape index (κ3) is 8.99. The average molecular weight is 804 g/mol. The molecule has 0 unspecified atom stereocenters. The fraction of sp³-hybridized carbons (Fsp3) is 0.472. The number of ether oxygens (including phenoxy) is 4. The van der Waals surface area contributed by atoms with Crippen LogP contribution in [0.4, 0.5) is 48.8 Å². The Hall–Kier alpha value is -5.29. The molecule has 3 aromatic rings. The predicted molar refractivity (Wildman–Crippen MR) is 208 cm³/mol. The lowest BCUT2D eigenvalue weighted by atomic mass is 10.1. The van der Waals surface area contributed by atoms with Gasteiger partial charge in [0.05, 0.1) is 24.7 Å². The predicted octanol–water partition coefficient (Wildman–Crippen LogP) is 8.04. The van der Waals surface area contributed by atoms with Crippen molar-refractivity contribution in [1.82, 2.24) is 14.9 Å². The molecule has 19 heteroatoms. The maximum atomic E-state index is 14.2. The van der Waals surface area contributed by atoms with Crippen LogP contribution in [-0.2, 0) is 9.47 Å². The number of rotatable bonds is 8. The molecule has 0 atom stereocenters. The van der Waals surface area contributed by atoms with Gasteiger partial charge >= 0.3 is 18.2 Å². The van der Waals surface area contributed by atoms with Crippen LogP contribution in [0.15, 0.2) is 36.7 Å². The molecule has 55 heavy (non-hydrogen) atoms. The zero-order valence-corrected chi connectivity index (χ0v) is 33.6. The van der Waals surface area contributed by atoms with Crippen LogP contribution in [0.25, 0.3) is 0 Å². The molecule has 4 amide bonds. The average Bonchev–Trinajstić information content (AvgIpc) is 3.86. The van der Waals surface area contributed by atoms with Crippen molar-refractivity contribution in [3.8, 4) is 11.5 Å². The van der Waals surface area contributed by atoms with Crippen LogP contribution >= 0.6 is 23.2 Å². The molecule has 2 fully saturated rings. The fourth-order valence-corrected chi connectivity index (χ4v) is 6.64. The van der Waals surface area contributed by atoms with Crippen LogP contribution in [0, 0.1) is 10.1 Å². The number of nitrogens with zero attached hydrogens (tertiary/aromatic N) is 7. The monoisotopic (exact) mass is 802 g/mol. The molecule has 1 aromatic heterocycles. The molecule has 2 aliphatic rings. The third-order valence-electron chi connectivity index (χ3n) is 8.72. The van der Waals surface area contributed by atoms with Gasteiger partial charge < -0.3 is 29.2 Å². The summed E-state index contributed by atoms with van der Waals surface area (Å²) in [6, 6.07) is 6.57. The number of nitrogens with one attached hydrogen (secondary N) is 1. The van der Waals surface area contributed by atoms with E-state index < -0.39 is 28.2 Å². The number of carbonyl (C=O) groups is 3. The van der Waals surface area contributed by atoms with Crippen LogP contribution in [0.5, 0.6) is 11.5 Å². The number of urea groups is 1. The van der Waals surface area contributed by atoms with Gasteiger partial charge in [0.25, 0.3) is 5.69 Å². The van der Waals surface area contributed by atoms with E-state index in [4.69, 9.17) is 42.1 Å². The number of methoxy groups -OCH3 is 2. The fourth-order valence-electron chi connectivity index (χ4n) is 5.97. The molecule has 2 aromatic carbocycles. The summed E-state index contributed by atoms with van der Waals surface area (Å²) in [6.07, 6.45) is 1.29. The zero-order chi connectivity index (χ0) is 40.6. The lowest BCUT2D eigenvalue weighted by Crippen LogP contribution is -2.58. The normalized spacial score (nSPS) is 14.9. The summed E-state index contributed by atoms with van der Waals surface area (Å²) < 4.78 is 21.9. The quantitative estimate of drug-likeness (QED) is 0.171. The van der Waals surface area contributed by atoms with E-state index in [1.165, 1.54) is 39.5 Å². The molecule has 5 rings (SSSR count). The maximum Gasteiger partial charge on any atom is 0.423 e. The highest BCUT2D eigenvalue weighted by molar-refractivity contribution is 6.43. The van der Waals surface area contributed by atoms with Crippen molar-refractivity contribution in [2.24, 2.45) is 0 Å². The van der Waals surface area contributed by atoms with E-state index in [0.717, 1.165) is 24.1 Å². The number of hydrogen-bond donors (Lipinski definition) is 1. The van der Waals surface area contributed by atoms with Crippen LogP contribution in [-0.4, -0.2) is 95.7 Å². The summed E-state index contributed by atoms with van der Waals surface area (Å²) in [6.45, 7) is 11.7. The minimum atomic E-state index is -1.11. The Kier molecular flexibility index (Phi) is 11.5. The van der Waals surface area contributed by atoms with Gasteiger partial charge in [0.15, 0.2) is 0 Å². The van der Waals surface area contributed by atoms with Gasteiger partial charge in [-0.25, -0.2) is 24.4 Å². The van der Waals surface area contributed by atoms with Crippen molar-refractivity contribution in [1.29, 1.82) is 0 Å². The molecule has 2 heterocycles. The van der Waals surface area contributed by atoms with Gasteiger partial charge in [0.2, 0.25) is 0 Å². The van der Waals surface area contributed by atoms with Crippen LogP contribution in [0.3, 0.4) is 0 Å². The standard InChI is InChI=1S/C36H44Cl2N8O9/c1-34(2,3)54-32(48)44-15-14-43(19-36(44)12-13-36)21-10-11-22(23(16-21)46(50)51)41-26-18-27(40-20-39-26)42(7)31(47)45(33(49)55-35(4,5)6)30-28(37)24(52-8)17-25(53-9)29(30)38/h10-11,16-18,20H,12-15,19H2,1-9H3,(H,39,40,41). The number of imide groups is 1. The van der Waals surface area contributed by atoms with Gasteiger partial charge in [-0.2, -0.15) is 4.90 Å². The smallest absolute Gasteiger partial charge is 0.423 e. The van der Waals surface area contributed by atoms with Gasteiger partial charge in [-0.05, 0) is 66.5 Å².